The molecule has 0 saturated carbocycles. The Hall–Kier alpha value is 0.260. The van der Waals surface area contributed by atoms with E-state index in [0.29, 0.717) is 6.42 Å². The fourth-order valence-electron chi connectivity index (χ4n) is 2.65. The van der Waals surface area contributed by atoms with Crippen molar-refractivity contribution in [3.05, 3.63) is 0 Å². The van der Waals surface area contributed by atoms with Gasteiger partial charge in [-0.25, -0.2) is 0 Å². The Balaban J connectivity index is 0. The van der Waals surface area contributed by atoms with Gasteiger partial charge in [0.15, 0.2) is 0 Å². The van der Waals surface area contributed by atoms with Crippen LogP contribution in [0.15, 0.2) is 0 Å². The van der Waals surface area contributed by atoms with Crippen molar-refractivity contribution in [2.24, 2.45) is 0 Å². The van der Waals surface area contributed by atoms with E-state index in [1.807, 2.05) is 0 Å². The van der Waals surface area contributed by atoms with Crippen LogP contribution in [0.2, 0.25) is 0 Å². The third-order valence-electron chi connectivity index (χ3n) is 3.99. The molecular weight excluding hydrogens is 376 g/mol. The molecule has 21 heavy (non-hydrogen) atoms. The van der Waals surface area contributed by atoms with E-state index in [1.54, 1.807) is 0 Å². The van der Waals surface area contributed by atoms with Crippen molar-refractivity contribution in [2.75, 3.05) is 0 Å². The minimum atomic E-state index is -0.653. The molecule has 0 spiro atoms. The molecule has 0 aromatic heterocycles. The number of rotatable bonds is 16. The predicted molar refractivity (Wildman–Crippen MR) is 95.7 cm³/mol. The molecular formula is C18H38O2Te. The van der Waals surface area contributed by atoms with Crippen LogP contribution in [0.25, 0.3) is 0 Å². The third-order valence-corrected chi connectivity index (χ3v) is 3.99. The van der Waals surface area contributed by atoms with E-state index in [4.69, 9.17) is 5.11 Å². The second-order valence-electron chi connectivity index (χ2n) is 6.09. The zero-order valence-electron chi connectivity index (χ0n) is 14.2. The summed E-state index contributed by atoms with van der Waals surface area (Å²) in [5.74, 6) is -0.653. The van der Waals surface area contributed by atoms with Gasteiger partial charge in [0.05, 0.1) is 0 Å². The minimum absolute atomic E-state index is 0. The summed E-state index contributed by atoms with van der Waals surface area (Å²) in [5.41, 5.74) is 0. The van der Waals surface area contributed by atoms with Gasteiger partial charge in [-0.05, 0) is 6.42 Å². The number of carboxylic acids is 1. The number of carbonyl (C=O) groups is 1. The molecule has 0 aliphatic carbocycles. The maximum absolute atomic E-state index is 10.3. The third kappa shape index (κ3) is 22.7. The van der Waals surface area contributed by atoms with Crippen molar-refractivity contribution in [1.82, 2.24) is 0 Å². The first-order valence-corrected chi connectivity index (χ1v) is 8.99. The van der Waals surface area contributed by atoms with Crippen LogP contribution < -0.4 is 0 Å². The molecule has 1 N–H and O–H groups in total. The van der Waals surface area contributed by atoms with Crippen LogP contribution in [0.3, 0.4) is 0 Å². The average Bonchev–Trinajstić information content (AvgIpc) is 2.43. The Bertz CT molecular complexity index is 207. The monoisotopic (exact) mass is 416 g/mol. The molecule has 0 aliphatic rings. The quantitative estimate of drug-likeness (QED) is 0.271. The van der Waals surface area contributed by atoms with Crippen LogP contribution in [0, 0.1) is 0 Å². The Labute approximate surface area is 149 Å². The first kappa shape index (κ1) is 23.5. The summed E-state index contributed by atoms with van der Waals surface area (Å²) >= 11 is 0. The molecule has 3 heteroatoms. The second kappa shape index (κ2) is 20.3. The van der Waals surface area contributed by atoms with Gasteiger partial charge < -0.3 is 5.11 Å². The Morgan fingerprint density at radius 2 is 0.905 bits per heavy atom. The number of carboxylic acid groups (broad SMARTS) is 1. The van der Waals surface area contributed by atoms with Crippen molar-refractivity contribution in [2.45, 2.75) is 110 Å². The van der Waals surface area contributed by atoms with E-state index >= 15 is 0 Å². The summed E-state index contributed by atoms with van der Waals surface area (Å²) in [7, 11) is 0. The van der Waals surface area contributed by atoms with Crippen LogP contribution in [-0.4, -0.2) is 34.7 Å². The van der Waals surface area contributed by atoms with Gasteiger partial charge in [0.25, 0.3) is 0 Å². The van der Waals surface area contributed by atoms with E-state index in [1.165, 1.54) is 83.5 Å². The SMILES string of the molecule is CCCCCCCCCCCCCCCCCC(=O)O.[TeH2]. The van der Waals surface area contributed by atoms with Crippen molar-refractivity contribution in [1.29, 1.82) is 0 Å². The van der Waals surface area contributed by atoms with E-state index in [-0.39, 0.29) is 23.7 Å². The van der Waals surface area contributed by atoms with Crippen LogP contribution in [0.1, 0.15) is 110 Å². The number of hydrogen-bond acceptors (Lipinski definition) is 1. The van der Waals surface area contributed by atoms with Crippen molar-refractivity contribution in [3.63, 3.8) is 0 Å². The molecule has 0 heterocycles. The molecule has 128 valence electrons. The molecule has 0 aliphatic heterocycles. The van der Waals surface area contributed by atoms with Crippen LogP contribution in [0.4, 0.5) is 0 Å². The molecule has 0 fully saturated rings. The Morgan fingerprint density at radius 3 is 1.19 bits per heavy atom. The van der Waals surface area contributed by atoms with Crippen LogP contribution in [0.5, 0.6) is 0 Å². The van der Waals surface area contributed by atoms with E-state index < -0.39 is 5.97 Å². The second-order valence-corrected chi connectivity index (χ2v) is 6.09. The summed E-state index contributed by atoms with van der Waals surface area (Å²) in [4.78, 5) is 10.3. The van der Waals surface area contributed by atoms with Crippen molar-refractivity contribution < 1.29 is 9.90 Å². The van der Waals surface area contributed by atoms with Gasteiger partial charge in [0.1, 0.15) is 0 Å². The summed E-state index contributed by atoms with van der Waals surface area (Å²) in [6.07, 6.45) is 20.2. The molecule has 2 nitrogen and oxygen atoms in total. The molecule has 0 amide bonds. The zero-order chi connectivity index (χ0) is 14.9. The molecule has 0 radical (unpaired) electrons. The van der Waals surface area contributed by atoms with Gasteiger partial charge in [-0.1, -0.05) is 96.8 Å². The summed E-state index contributed by atoms with van der Waals surface area (Å²) in [6, 6.07) is 0. The molecule has 0 rings (SSSR count). The van der Waals surface area contributed by atoms with E-state index in [9.17, 15) is 4.79 Å². The Morgan fingerprint density at radius 1 is 0.619 bits per heavy atom. The van der Waals surface area contributed by atoms with Crippen molar-refractivity contribution in [3.8, 4) is 0 Å². The number of unbranched alkanes of at least 4 members (excludes halogenated alkanes) is 14. The van der Waals surface area contributed by atoms with Gasteiger partial charge in [-0.15, -0.1) is 0 Å². The number of aliphatic carboxylic acids is 1. The van der Waals surface area contributed by atoms with Gasteiger partial charge >= 0.3 is 29.6 Å². The normalized spacial score (nSPS) is 10.3. The fraction of sp³-hybridized carbons (Fsp3) is 0.944. The van der Waals surface area contributed by atoms with Gasteiger partial charge in [-0.3, -0.25) is 4.79 Å². The molecule has 0 aromatic carbocycles. The molecule has 0 atom stereocenters. The Kier molecular flexibility index (Phi) is 22.7. The summed E-state index contributed by atoms with van der Waals surface area (Å²) < 4.78 is 0. The van der Waals surface area contributed by atoms with E-state index in [2.05, 4.69) is 6.92 Å². The maximum atomic E-state index is 10.3. The van der Waals surface area contributed by atoms with Crippen LogP contribution >= 0.6 is 0 Å². The standard InChI is InChI=1S/C18H36O2.H2Te/c1-2-3-4-5-6-7-8-9-10-11-12-13-14-15-16-17-18(19)20;/h2-17H2,1H3,(H,19,20);1H2. The molecule has 0 aromatic rings. The van der Waals surface area contributed by atoms with E-state index in [0.717, 1.165) is 12.8 Å². The van der Waals surface area contributed by atoms with Gasteiger partial charge in [-0.2, -0.15) is 0 Å². The first-order valence-electron chi connectivity index (χ1n) is 8.99. The first-order chi connectivity index (χ1) is 9.77. The number of hydrogen-bond donors (Lipinski definition) is 1. The van der Waals surface area contributed by atoms with Crippen LogP contribution in [-0.2, 0) is 4.79 Å². The molecule has 0 bridgehead atoms. The van der Waals surface area contributed by atoms with Gasteiger partial charge in [0.2, 0.25) is 0 Å². The molecule has 0 saturated heterocycles. The topological polar surface area (TPSA) is 37.3 Å². The van der Waals surface area contributed by atoms with Crippen molar-refractivity contribution >= 4 is 29.6 Å². The zero-order valence-corrected chi connectivity index (χ0v) is 17.0. The summed E-state index contributed by atoms with van der Waals surface area (Å²) in [5, 5.41) is 8.52. The van der Waals surface area contributed by atoms with Gasteiger partial charge in [0, 0.05) is 6.42 Å². The predicted octanol–water partition coefficient (Wildman–Crippen LogP) is 5.42. The summed E-state index contributed by atoms with van der Waals surface area (Å²) in [6.45, 7) is 2.27. The molecule has 0 unspecified atom stereocenters. The fourth-order valence-corrected chi connectivity index (χ4v) is 2.65. The average molecular weight is 414 g/mol.